The molecule has 1 saturated carbocycles. The van der Waals surface area contributed by atoms with Gasteiger partial charge in [0.1, 0.15) is 5.75 Å². The smallest absolute Gasteiger partial charge is 0.167 e. The van der Waals surface area contributed by atoms with Gasteiger partial charge in [0.25, 0.3) is 0 Å². The molecule has 0 bridgehead atoms. The van der Waals surface area contributed by atoms with E-state index >= 15 is 0 Å². The molecule has 3 heteroatoms. The van der Waals surface area contributed by atoms with Crippen molar-refractivity contribution in [2.45, 2.75) is 32.6 Å². The van der Waals surface area contributed by atoms with Crippen LogP contribution >= 0.6 is 15.9 Å². The van der Waals surface area contributed by atoms with E-state index in [4.69, 9.17) is 4.74 Å². The maximum absolute atomic E-state index is 12.5. The standard InChI is InChI=1S/C15H19BrO2/c1-10-3-5-11(6-4-10)15(17)13-8-7-12(18-2)9-14(13)16/h7-11H,3-6H2,1-2H3. The monoisotopic (exact) mass is 310 g/mol. The molecule has 0 N–H and O–H groups in total. The van der Waals surface area contributed by atoms with Crippen molar-refractivity contribution in [2.75, 3.05) is 7.11 Å². The second-order valence-corrected chi connectivity index (χ2v) is 6.02. The quantitative estimate of drug-likeness (QED) is 0.770. The predicted molar refractivity (Wildman–Crippen MR) is 76.1 cm³/mol. The molecule has 0 aliphatic heterocycles. The predicted octanol–water partition coefficient (Wildman–Crippen LogP) is 4.47. The molecule has 0 atom stereocenters. The highest BCUT2D eigenvalue weighted by molar-refractivity contribution is 9.10. The van der Waals surface area contributed by atoms with Crippen LogP contribution in [0.15, 0.2) is 22.7 Å². The summed E-state index contributed by atoms with van der Waals surface area (Å²) in [5.74, 6) is 2.02. The number of hydrogen-bond acceptors (Lipinski definition) is 2. The summed E-state index contributed by atoms with van der Waals surface area (Å²) >= 11 is 3.47. The fourth-order valence-corrected chi connectivity index (χ4v) is 3.12. The van der Waals surface area contributed by atoms with Gasteiger partial charge in [0.2, 0.25) is 0 Å². The molecule has 0 heterocycles. The summed E-state index contributed by atoms with van der Waals surface area (Å²) in [7, 11) is 1.63. The Balaban J connectivity index is 2.13. The normalized spacial score (nSPS) is 23.7. The zero-order valence-corrected chi connectivity index (χ0v) is 12.5. The van der Waals surface area contributed by atoms with Crippen LogP contribution in [-0.4, -0.2) is 12.9 Å². The van der Waals surface area contributed by atoms with E-state index in [1.54, 1.807) is 7.11 Å². The van der Waals surface area contributed by atoms with E-state index in [1.807, 2.05) is 18.2 Å². The van der Waals surface area contributed by atoms with Crippen molar-refractivity contribution in [1.29, 1.82) is 0 Å². The van der Waals surface area contributed by atoms with Crippen molar-refractivity contribution in [3.05, 3.63) is 28.2 Å². The molecule has 1 aliphatic carbocycles. The van der Waals surface area contributed by atoms with Crippen LogP contribution in [0.3, 0.4) is 0 Å². The maximum Gasteiger partial charge on any atom is 0.167 e. The molecule has 0 amide bonds. The van der Waals surface area contributed by atoms with Gasteiger partial charge in [-0.25, -0.2) is 0 Å². The summed E-state index contributed by atoms with van der Waals surface area (Å²) in [4.78, 5) is 12.5. The van der Waals surface area contributed by atoms with Gasteiger partial charge in [0.05, 0.1) is 7.11 Å². The first-order chi connectivity index (χ1) is 8.61. The molecule has 2 nitrogen and oxygen atoms in total. The van der Waals surface area contributed by atoms with Gasteiger partial charge in [-0.05, 0) is 52.9 Å². The first-order valence-corrected chi connectivity index (χ1v) is 7.29. The van der Waals surface area contributed by atoms with Crippen LogP contribution in [0.4, 0.5) is 0 Å². The minimum absolute atomic E-state index is 0.200. The second-order valence-electron chi connectivity index (χ2n) is 5.17. The van der Waals surface area contributed by atoms with Crippen molar-refractivity contribution in [1.82, 2.24) is 0 Å². The number of rotatable bonds is 3. The Bertz CT molecular complexity index is 434. The molecule has 1 fully saturated rings. The van der Waals surface area contributed by atoms with Gasteiger partial charge in [-0.2, -0.15) is 0 Å². The van der Waals surface area contributed by atoms with Crippen LogP contribution in [0, 0.1) is 11.8 Å². The lowest BCUT2D eigenvalue weighted by atomic mass is 9.79. The van der Waals surface area contributed by atoms with Crippen molar-refractivity contribution in [3.63, 3.8) is 0 Å². The van der Waals surface area contributed by atoms with Crippen LogP contribution in [0.5, 0.6) is 5.75 Å². The Labute approximate surface area is 117 Å². The lowest BCUT2D eigenvalue weighted by Crippen LogP contribution is -2.21. The molecule has 0 saturated heterocycles. The van der Waals surface area contributed by atoms with Crippen LogP contribution in [0.25, 0.3) is 0 Å². The minimum Gasteiger partial charge on any atom is -0.497 e. The van der Waals surface area contributed by atoms with E-state index in [0.29, 0.717) is 0 Å². The first-order valence-electron chi connectivity index (χ1n) is 6.49. The van der Waals surface area contributed by atoms with Gasteiger partial charge >= 0.3 is 0 Å². The summed E-state index contributed by atoms with van der Waals surface area (Å²) in [5, 5.41) is 0. The highest BCUT2D eigenvalue weighted by Crippen LogP contribution is 2.33. The number of carbonyl (C=O) groups is 1. The number of methoxy groups -OCH3 is 1. The highest BCUT2D eigenvalue weighted by Gasteiger charge is 2.26. The maximum atomic E-state index is 12.5. The van der Waals surface area contributed by atoms with Gasteiger partial charge in [0, 0.05) is 16.0 Å². The average Bonchev–Trinajstić information content (AvgIpc) is 2.38. The number of benzene rings is 1. The van der Waals surface area contributed by atoms with E-state index in [0.717, 1.165) is 34.5 Å². The van der Waals surface area contributed by atoms with E-state index in [-0.39, 0.29) is 11.7 Å². The Morgan fingerprint density at radius 1 is 1.28 bits per heavy atom. The van der Waals surface area contributed by atoms with Crippen LogP contribution in [0.2, 0.25) is 0 Å². The van der Waals surface area contributed by atoms with Gasteiger partial charge in [-0.1, -0.05) is 19.8 Å². The zero-order chi connectivity index (χ0) is 13.1. The molecule has 1 aromatic rings. The molecule has 0 aromatic heterocycles. The molecule has 0 radical (unpaired) electrons. The van der Waals surface area contributed by atoms with E-state index in [9.17, 15) is 4.79 Å². The van der Waals surface area contributed by atoms with Crippen LogP contribution in [-0.2, 0) is 0 Å². The van der Waals surface area contributed by atoms with Gasteiger partial charge in [-0.3, -0.25) is 4.79 Å². The number of halogens is 1. The fraction of sp³-hybridized carbons (Fsp3) is 0.533. The third kappa shape index (κ3) is 2.94. The van der Waals surface area contributed by atoms with Crippen molar-refractivity contribution < 1.29 is 9.53 Å². The molecule has 1 aromatic carbocycles. The lowest BCUT2D eigenvalue weighted by Gasteiger charge is -2.25. The van der Waals surface area contributed by atoms with Gasteiger partial charge in [0.15, 0.2) is 5.78 Å². The molecule has 98 valence electrons. The molecule has 1 aliphatic rings. The molecule has 18 heavy (non-hydrogen) atoms. The summed E-state index contributed by atoms with van der Waals surface area (Å²) in [5.41, 5.74) is 0.787. The number of hydrogen-bond donors (Lipinski definition) is 0. The Kier molecular flexibility index (Phi) is 4.44. The summed E-state index contributed by atoms with van der Waals surface area (Å²) in [6.45, 7) is 2.27. The molecular formula is C15H19BrO2. The van der Waals surface area contributed by atoms with Crippen molar-refractivity contribution >= 4 is 21.7 Å². The van der Waals surface area contributed by atoms with Crippen LogP contribution in [0.1, 0.15) is 43.0 Å². The zero-order valence-electron chi connectivity index (χ0n) is 10.9. The topological polar surface area (TPSA) is 26.3 Å². The van der Waals surface area contributed by atoms with E-state index < -0.39 is 0 Å². The van der Waals surface area contributed by atoms with E-state index in [2.05, 4.69) is 22.9 Å². The minimum atomic E-state index is 0.200. The number of ketones is 1. The summed E-state index contributed by atoms with van der Waals surface area (Å²) in [6.07, 6.45) is 4.39. The average molecular weight is 311 g/mol. The number of ether oxygens (including phenoxy) is 1. The first kappa shape index (κ1) is 13.6. The van der Waals surface area contributed by atoms with Crippen molar-refractivity contribution in [2.24, 2.45) is 11.8 Å². The highest BCUT2D eigenvalue weighted by atomic mass is 79.9. The second kappa shape index (κ2) is 5.87. The van der Waals surface area contributed by atoms with E-state index in [1.165, 1.54) is 12.8 Å². The molecule has 0 spiro atoms. The SMILES string of the molecule is COc1ccc(C(=O)C2CCC(C)CC2)c(Br)c1. The summed E-state index contributed by atoms with van der Waals surface area (Å²) < 4.78 is 5.99. The number of Topliss-reactive ketones (excluding diaryl/α,β-unsaturated/α-hetero) is 1. The number of carbonyl (C=O) groups excluding carboxylic acids is 1. The lowest BCUT2D eigenvalue weighted by molar-refractivity contribution is 0.0875. The van der Waals surface area contributed by atoms with Crippen LogP contribution < -0.4 is 4.74 Å². The van der Waals surface area contributed by atoms with Gasteiger partial charge in [-0.15, -0.1) is 0 Å². The third-order valence-corrected chi connectivity index (χ3v) is 4.48. The summed E-state index contributed by atoms with van der Waals surface area (Å²) in [6, 6.07) is 5.57. The Morgan fingerprint density at radius 2 is 1.94 bits per heavy atom. The largest absolute Gasteiger partial charge is 0.497 e. The fourth-order valence-electron chi connectivity index (χ4n) is 2.56. The Hall–Kier alpha value is -0.830. The third-order valence-electron chi connectivity index (χ3n) is 3.83. The molecular weight excluding hydrogens is 292 g/mol. The van der Waals surface area contributed by atoms with Crippen molar-refractivity contribution in [3.8, 4) is 5.75 Å². The van der Waals surface area contributed by atoms with Gasteiger partial charge < -0.3 is 4.74 Å². The molecule has 2 rings (SSSR count). The Morgan fingerprint density at radius 3 is 2.50 bits per heavy atom. The molecule has 0 unspecified atom stereocenters.